The Labute approximate surface area is 144 Å². The zero-order valence-electron chi connectivity index (χ0n) is 13.0. The van der Waals surface area contributed by atoms with E-state index in [4.69, 9.17) is 4.98 Å². The molecule has 0 fully saturated rings. The topological polar surface area (TPSA) is 50.9 Å². The monoisotopic (exact) mass is 345 g/mol. The zero-order chi connectivity index (χ0) is 16.1. The van der Waals surface area contributed by atoms with Crippen LogP contribution in [0.3, 0.4) is 0 Å². The van der Waals surface area contributed by atoms with Crippen LogP contribution in [0.5, 0.6) is 0 Å². The Morgan fingerprint density at radius 1 is 1.22 bits per heavy atom. The Balaban J connectivity index is 1.54. The lowest BCUT2D eigenvalue weighted by atomic mass is 10.1. The van der Waals surface area contributed by atoms with E-state index in [9.17, 15) is 5.11 Å². The Morgan fingerprint density at radius 2 is 2.04 bits per heavy atom. The van der Waals surface area contributed by atoms with E-state index in [0.29, 0.717) is 0 Å². The molecule has 0 atom stereocenters. The van der Waals surface area contributed by atoms with Crippen molar-refractivity contribution in [2.24, 2.45) is 7.05 Å². The van der Waals surface area contributed by atoms with E-state index in [2.05, 4.69) is 34.6 Å². The first-order valence-electron chi connectivity index (χ1n) is 7.47. The van der Waals surface area contributed by atoms with Crippen molar-refractivity contribution >= 4 is 23.1 Å². The van der Waals surface area contributed by atoms with Gasteiger partial charge in [0.15, 0.2) is 5.16 Å². The third kappa shape index (κ3) is 4.22. The highest BCUT2D eigenvalue weighted by atomic mass is 32.2. The Hall–Kier alpha value is -1.63. The van der Waals surface area contributed by atoms with Crippen molar-refractivity contribution in [3.05, 3.63) is 63.9 Å². The Morgan fingerprint density at radius 3 is 2.78 bits per heavy atom. The summed E-state index contributed by atoms with van der Waals surface area (Å²) in [4.78, 5) is 9.03. The number of aliphatic hydroxyl groups excluding tert-OH is 1. The summed E-state index contributed by atoms with van der Waals surface area (Å²) in [5.41, 5.74) is 3.27. The molecule has 0 radical (unpaired) electrons. The van der Waals surface area contributed by atoms with Gasteiger partial charge < -0.3 is 9.67 Å². The maximum atomic E-state index is 9.19. The standard InChI is InChI=1S/C17H19N3OS2/c1-20-15(10-21)9-18-17(20)23-12-14-11-22-16(19-14)8-7-13-5-3-2-4-6-13/h2-6,9,11,21H,7-8,10,12H2,1H3. The number of aryl methyl sites for hydroxylation is 2. The van der Waals surface area contributed by atoms with Crippen LogP contribution in [0.2, 0.25) is 0 Å². The maximum Gasteiger partial charge on any atom is 0.168 e. The van der Waals surface area contributed by atoms with Gasteiger partial charge in [0, 0.05) is 24.6 Å². The van der Waals surface area contributed by atoms with E-state index in [1.165, 1.54) is 10.6 Å². The highest BCUT2D eigenvalue weighted by molar-refractivity contribution is 7.98. The van der Waals surface area contributed by atoms with Crippen LogP contribution in [0.25, 0.3) is 0 Å². The molecule has 3 aromatic rings. The molecule has 2 aromatic heterocycles. The van der Waals surface area contributed by atoms with E-state index in [-0.39, 0.29) is 6.61 Å². The molecule has 2 heterocycles. The van der Waals surface area contributed by atoms with Crippen LogP contribution in [0.15, 0.2) is 47.1 Å². The average molecular weight is 345 g/mol. The maximum absolute atomic E-state index is 9.19. The molecule has 0 saturated carbocycles. The van der Waals surface area contributed by atoms with Crippen LogP contribution >= 0.6 is 23.1 Å². The Bertz CT molecular complexity index is 752. The molecule has 1 aromatic carbocycles. The fourth-order valence-corrected chi connectivity index (χ4v) is 4.04. The van der Waals surface area contributed by atoms with Gasteiger partial charge in [-0.1, -0.05) is 42.1 Å². The number of thiazole rings is 1. The predicted octanol–water partition coefficient (Wildman–Crippen LogP) is 3.45. The lowest BCUT2D eigenvalue weighted by Gasteiger charge is -2.02. The third-order valence-electron chi connectivity index (χ3n) is 3.62. The molecule has 0 saturated heterocycles. The first-order chi connectivity index (χ1) is 11.3. The lowest BCUT2D eigenvalue weighted by Crippen LogP contribution is -1.97. The van der Waals surface area contributed by atoms with Crippen LogP contribution in [0.4, 0.5) is 0 Å². The van der Waals surface area contributed by atoms with Crippen molar-refractivity contribution in [3.63, 3.8) is 0 Å². The van der Waals surface area contributed by atoms with Gasteiger partial charge in [-0.05, 0) is 12.0 Å². The fraction of sp³-hybridized carbons (Fsp3) is 0.294. The predicted molar refractivity (Wildman–Crippen MR) is 94.7 cm³/mol. The second-order valence-electron chi connectivity index (χ2n) is 5.26. The van der Waals surface area contributed by atoms with Crippen molar-refractivity contribution < 1.29 is 5.11 Å². The number of imidazole rings is 1. The van der Waals surface area contributed by atoms with Crippen LogP contribution in [0.1, 0.15) is 22.0 Å². The molecular weight excluding hydrogens is 326 g/mol. The number of benzene rings is 1. The van der Waals surface area contributed by atoms with Gasteiger partial charge in [-0.2, -0.15) is 0 Å². The van der Waals surface area contributed by atoms with Crippen molar-refractivity contribution in [1.29, 1.82) is 0 Å². The van der Waals surface area contributed by atoms with E-state index in [1.54, 1.807) is 29.3 Å². The largest absolute Gasteiger partial charge is 0.390 e. The van der Waals surface area contributed by atoms with E-state index < -0.39 is 0 Å². The zero-order valence-corrected chi connectivity index (χ0v) is 14.6. The van der Waals surface area contributed by atoms with E-state index in [0.717, 1.165) is 35.1 Å². The third-order valence-corrected chi connectivity index (χ3v) is 5.66. The summed E-state index contributed by atoms with van der Waals surface area (Å²) in [7, 11) is 1.92. The van der Waals surface area contributed by atoms with Crippen LogP contribution in [-0.4, -0.2) is 19.6 Å². The number of nitrogens with zero attached hydrogens (tertiary/aromatic N) is 3. The molecule has 0 spiro atoms. The van der Waals surface area contributed by atoms with Gasteiger partial charge in [0.25, 0.3) is 0 Å². The van der Waals surface area contributed by atoms with Crippen LogP contribution < -0.4 is 0 Å². The summed E-state index contributed by atoms with van der Waals surface area (Å²) in [6.45, 7) is 0.0182. The average Bonchev–Trinajstić information content (AvgIpc) is 3.18. The molecule has 0 amide bonds. The summed E-state index contributed by atoms with van der Waals surface area (Å²) < 4.78 is 1.92. The van der Waals surface area contributed by atoms with Crippen molar-refractivity contribution in [2.75, 3.05) is 0 Å². The normalized spacial score (nSPS) is 11.0. The van der Waals surface area contributed by atoms with Gasteiger partial charge in [-0.25, -0.2) is 9.97 Å². The summed E-state index contributed by atoms with van der Waals surface area (Å²) >= 11 is 3.38. The van der Waals surface area contributed by atoms with Crippen molar-refractivity contribution in [3.8, 4) is 0 Å². The number of thioether (sulfide) groups is 1. The summed E-state index contributed by atoms with van der Waals surface area (Å²) in [6.07, 6.45) is 3.73. The van der Waals surface area contributed by atoms with Gasteiger partial charge in [-0.3, -0.25) is 0 Å². The molecule has 3 rings (SSSR count). The quantitative estimate of drug-likeness (QED) is 0.667. The highest BCUT2D eigenvalue weighted by Crippen LogP contribution is 2.23. The van der Waals surface area contributed by atoms with E-state index >= 15 is 0 Å². The molecule has 1 N–H and O–H groups in total. The number of hydrogen-bond donors (Lipinski definition) is 1. The van der Waals surface area contributed by atoms with E-state index in [1.807, 2.05) is 17.7 Å². The van der Waals surface area contributed by atoms with Gasteiger partial charge in [0.05, 0.1) is 29.2 Å². The number of rotatable bonds is 7. The first-order valence-corrected chi connectivity index (χ1v) is 9.34. The number of hydrogen-bond acceptors (Lipinski definition) is 5. The minimum Gasteiger partial charge on any atom is -0.390 e. The Kier molecular flexibility index (Phi) is 5.48. The summed E-state index contributed by atoms with van der Waals surface area (Å²) in [5, 5.41) is 13.4. The summed E-state index contributed by atoms with van der Waals surface area (Å²) in [6, 6.07) is 10.5. The minimum absolute atomic E-state index is 0.0182. The van der Waals surface area contributed by atoms with Crippen LogP contribution in [-0.2, 0) is 32.2 Å². The SMILES string of the molecule is Cn1c(CO)cnc1SCc1csc(CCc2ccccc2)n1. The van der Waals surface area contributed by atoms with Gasteiger partial charge in [-0.15, -0.1) is 11.3 Å². The highest BCUT2D eigenvalue weighted by Gasteiger charge is 2.08. The molecule has 6 heteroatoms. The van der Waals surface area contributed by atoms with Crippen molar-refractivity contribution in [2.45, 2.75) is 30.4 Å². The molecule has 0 aliphatic carbocycles. The molecule has 0 bridgehead atoms. The molecule has 0 aliphatic heterocycles. The minimum atomic E-state index is 0.0182. The second-order valence-corrected chi connectivity index (χ2v) is 7.14. The van der Waals surface area contributed by atoms with Gasteiger partial charge >= 0.3 is 0 Å². The summed E-state index contributed by atoms with van der Waals surface area (Å²) in [5.74, 6) is 0.803. The molecule has 0 aliphatic rings. The van der Waals surface area contributed by atoms with Crippen molar-refractivity contribution in [1.82, 2.24) is 14.5 Å². The molecule has 0 unspecified atom stereocenters. The molecule has 23 heavy (non-hydrogen) atoms. The molecule has 120 valence electrons. The lowest BCUT2D eigenvalue weighted by molar-refractivity contribution is 0.271. The smallest absolute Gasteiger partial charge is 0.168 e. The second kappa shape index (κ2) is 7.77. The van der Waals surface area contributed by atoms with Crippen LogP contribution in [0, 0.1) is 0 Å². The first kappa shape index (κ1) is 16.2. The fourth-order valence-electron chi connectivity index (χ4n) is 2.27. The number of aromatic nitrogens is 3. The number of aliphatic hydroxyl groups is 1. The van der Waals surface area contributed by atoms with Gasteiger partial charge in [0.2, 0.25) is 0 Å². The molecule has 4 nitrogen and oxygen atoms in total. The van der Waals surface area contributed by atoms with Gasteiger partial charge in [0.1, 0.15) is 0 Å². The molecular formula is C17H19N3OS2.